The molecule has 4 aromatic carbocycles. The molecule has 14 nitrogen and oxygen atoms in total. The second-order valence-electron chi connectivity index (χ2n) is 13.5. The number of amides is 2. The van der Waals surface area contributed by atoms with Crippen molar-refractivity contribution in [1.29, 1.82) is 0 Å². The van der Waals surface area contributed by atoms with E-state index in [4.69, 9.17) is 37.9 Å². The first kappa shape index (κ1) is 45.7. The van der Waals surface area contributed by atoms with Crippen LogP contribution in [0.3, 0.4) is 0 Å². The largest absolute Gasteiger partial charge is 0.490 e. The minimum atomic E-state index is -0.761. The van der Waals surface area contributed by atoms with E-state index in [9.17, 15) is 19.2 Å². The second-order valence-corrected chi connectivity index (χ2v) is 13.5. The molecule has 0 aliphatic carbocycles. The van der Waals surface area contributed by atoms with Crippen LogP contribution in [0.4, 0.5) is 9.59 Å². The van der Waals surface area contributed by atoms with Crippen molar-refractivity contribution in [2.75, 3.05) is 52.7 Å². The quantitative estimate of drug-likeness (QED) is 0.0317. The van der Waals surface area contributed by atoms with Crippen LogP contribution >= 0.6 is 0 Å². The van der Waals surface area contributed by atoms with Gasteiger partial charge >= 0.3 is 24.1 Å². The molecule has 0 saturated carbocycles. The first-order valence-corrected chi connectivity index (χ1v) is 19.3. The monoisotopic (exact) mass is 824 g/mol. The summed E-state index contributed by atoms with van der Waals surface area (Å²) in [4.78, 5) is 48.2. The summed E-state index contributed by atoms with van der Waals surface area (Å²) in [5.41, 5.74) is 2.60. The van der Waals surface area contributed by atoms with Crippen molar-refractivity contribution in [2.24, 2.45) is 0 Å². The predicted octanol–water partition coefficient (Wildman–Crippen LogP) is 7.18. The Kier molecular flexibility index (Phi) is 18.9. The highest BCUT2D eigenvalue weighted by Gasteiger charge is 2.19. The average molecular weight is 825 g/mol. The van der Waals surface area contributed by atoms with Gasteiger partial charge in [0.05, 0.1) is 13.1 Å². The molecule has 0 saturated heterocycles. The van der Waals surface area contributed by atoms with E-state index in [0.717, 1.165) is 11.1 Å². The Labute approximate surface area is 350 Å². The summed E-state index contributed by atoms with van der Waals surface area (Å²) in [6.07, 6.45) is -2.94. The van der Waals surface area contributed by atoms with Crippen molar-refractivity contribution in [3.05, 3.63) is 145 Å². The number of carbonyl (C=O) groups is 4. The number of hydrogen-bond donors (Lipinski definition) is 2. The average Bonchev–Trinajstić information content (AvgIpc) is 3.26. The van der Waals surface area contributed by atoms with Gasteiger partial charge in [0.15, 0.2) is 12.2 Å². The summed E-state index contributed by atoms with van der Waals surface area (Å²) < 4.78 is 44.8. The Morgan fingerprint density at radius 1 is 0.500 bits per heavy atom. The van der Waals surface area contributed by atoms with Gasteiger partial charge in [-0.2, -0.15) is 0 Å². The van der Waals surface area contributed by atoms with E-state index in [1.165, 1.54) is 13.8 Å². The summed E-state index contributed by atoms with van der Waals surface area (Å²) >= 11 is 0. The maximum Gasteiger partial charge on any atom is 0.407 e. The maximum atomic E-state index is 12.5. The minimum absolute atomic E-state index is 0.0170. The maximum absolute atomic E-state index is 12.5. The summed E-state index contributed by atoms with van der Waals surface area (Å²) in [6, 6.07) is 33.5. The van der Waals surface area contributed by atoms with Crippen LogP contribution in [0.5, 0.6) is 23.0 Å². The molecule has 4 aromatic rings. The number of hydrogen-bond acceptors (Lipinski definition) is 12. The van der Waals surface area contributed by atoms with Crippen molar-refractivity contribution < 1.29 is 57.1 Å². The topological polar surface area (TPSA) is 166 Å². The second kappa shape index (κ2) is 24.7. The van der Waals surface area contributed by atoms with Crippen LogP contribution in [0.15, 0.2) is 133 Å². The van der Waals surface area contributed by atoms with Gasteiger partial charge in [-0.3, -0.25) is 0 Å². The predicted molar refractivity (Wildman–Crippen MR) is 223 cm³/mol. The third-order valence-corrected chi connectivity index (χ3v) is 8.44. The molecule has 60 heavy (non-hydrogen) atoms. The Morgan fingerprint density at radius 2 is 0.817 bits per heavy atom. The number of rotatable bonds is 24. The summed E-state index contributed by atoms with van der Waals surface area (Å²) in [7, 11) is 0. The molecule has 0 bridgehead atoms. The van der Waals surface area contributed by atoms with E-state index < -0.39 is 36.3 Å². The van der Waals surface area contributed by atoms with Crippen molar-refractivity contribution in [3.63, 3.8) is 0 Å². The van der Waals surface area contributed by atoms with Gasteiger partial charge in [0.2, 0.25) is 0 Å². The molecule has 14 heteroatoms. The standard InChI is InChI=1S/C46H52N2O12/c1-32(2)43(49)53-26-24-47-45(51)59-41(28-55-37-12-8-6-9-13-37)30-57-39-20-16-35(17-21-39)34(5)36-18-22-40(23-19-36)58-31-42(29-56-38-14-10-7-11-15-38)60-46(52)48-25-27-54-44(50)33(3)4/h6-23,34,41-42H,1,3,24-31H2,2,4-5H3,(H,47,51)(H,48,52). The highest BCUT2D eigenvalue weighted by Crippen LogP contribution is 2.28. The molecule has 4 rings (SSSR count). The molecule has 0 fully saturated rings. The first-order chi connectivity index (χ1) is 29.0. The number of nitrogens with one attached hydrogen (secondary N) is 2. The molecule has 0 heterocycles. The minimum Gasteiger partial charge on any atom is -0.490 e. The first-order valence-electron chi connectivity index (χ1n) is 19.3. The fourth-order valence-corrected chi connectivity index (χ4v) is 5.15. The normalized spacial score (nSPS) is 12.0. The van der Waals surface area contributed by atoms with Crippen LogP contribution in [0.25, 0.3) is 0 Å². The van der Waals surface area contributed by atoms with E-state index >= 15 is 0 Å². The van der Waals surface area contributed by atoms with Gasteiger partial charge in [-0.25, -0.2) is 19.2 Å². The van der Waals surface area contributed by atoms with Crippen LogP contribution in [-0.4, -0.2) is 89.1 Å². The van der Waals surface area contributed by atoms with Gasteiger partial charge in [0, 0.05) is 17.1 Å². The van der Waals surface area contributed by atoms with E-state index in [-0.39, 0.29) is 69.8 Å². The fraction of sp³-hybridized carbons (Fsp3) is 0.304. The number of ether oxygens (including phenoxy) is 8. The molecule has 2 atom stereocenters. The van der Waals surface area contributed by atoms with E-state index in [2.05, 4.69) is 30.7 Å². The summed E-state index contributed by atoms with van der Waals surface area (Å²) in [5, 5.41) is 5.12. The molecule has 0 aromatic heterocycles. The van der Waals surface area contributed by atoms with Crippen LogP contribution in [0.1, 0.15) is 37.8 Å². The van der Waals surface area contributed by atoms with Crippen molar-refractivity contribution in [3.8, 4) is 23.0 Å². The molecule has 318 valence electrons. The molecule has 2 N–H and O–H groups in total. The molecule has 0 aliphatic rings. The Morgan fingerprint density at radius 3 is 1.13 bits per heavy atom. The SMILES string of the molecule is C=C(C)C(=O)OCCNC(=O)OC(COc1ccccc1)COc1ccc(C(C)c2ccc(OCC(COc3ccccc3)OC(=O)NCCOC(=O)C(=C)C)cc2)cc1. The van der Waals surface area contributed by atoms with Gasteiger partial charge in [-0.15, -0.1) is 0 Å². The van der Waals surface area contributed by atoms with Crippen molar-refractivity contribution >= 4 is 24.1 Å². The van der Waals surface area contributed by atoms with Gasteiger partial charge in [0.25, 0.3) is 0 Å². The van der Waals surface area contributed by atoms with Gasteiger partial charge in [0.1, 0.15) is 62.6 Å². The summed E-state index contributed by atoms with van der Waals surface area (Å²) in [6.45, 7) is 12.4. The Hall–Kier alpha value is -6.96. The lowest BCUT2D eigenvalue weighted by atomic mass is 9.93. The molecule has 2 amide bonds. The zero-order valence-electron chi connectivity index (χ0n) is 34.1. The molecule has 0 aliphatic heterocycles. The van der Waals surface area contributed by atoms with Gasteiger partial charge < -0.3 is 48.5 Å². The van der Waals surface area contributed by atoms with Crippen LogP contribution in [0.2, 0.25) is 0 Å². The number of para-hydroxylation sites is 2. The lowest BCUT2D eigenvalue weighted by molar-refractivity contribution is -0.139. The van der Waals surface area contributed by atoms with Crippen molar-refractivity contribution in [1.82, 2.24) is 10.6 Å². The highest BCUT2D eigenvalue weighted by atomic mass is 16.6. The lowest BCUT2D eigenvalue weighted by Crippen LogP contribution is -2.37. The number of alkyl carbamates (subject to hydrolysis) is 2. The molecular formula is C46H52N2O12. The number of benzene rings is 4. The van der Waals surface area contributed by atoms with Gasteiger partial charge in [-0.1, -0.05) is 80.7 Å². The molecule has 0 spiro atoms. The summed E-state index contributed by atoms with van der Waals surface area (Å²) in [5.74, 6) is 1.31. The van der Waals surface area contributed by atoms with Crippen LogP contribution in [0, 0.1) is 0 Å². The smallest absolute Gasteiger partial charge is 0.407 e. The van der Waals surface area contributed by atoms with Crippen molar-refractivity contribution in [2.45, 2.75) is 38.9 Å². The highest BCUT2D eigenvalue weighted by molar-refractivity contribution is 5.87. The fourth-order valence-electron chi connectivity index (χ4n) is 5.15. The zero-order valence-corrected chi connectivity index (χ0v) is 34.1. The van der Waals surface area contributed by atoms with Crippen LogP contribution < -0.4 is 29.6 Å². The molecule has 0 radical (unpaired) electrons. The van der Waals surface area contributed by atoms with Crippen LogP contribution in [-0.2, 0) is 28.5 Å². The van der Waals surface area contributed by atoms with E-state index in [1.54, 1.807) is 24.3 Å². The number of esters is 2. The third-order valence-electron chi connectivity index (χ3n) is 8.44. The molecular weight excluding hydrogens is 773 g/mol. The third kappa shape index (κ3) is 16.9. The Bertz CT molecular complexity index is 1830. The Balaban J connectivity index is 1.28. The zero-order chi connectivity index (χ0) is 43.1. The number of carbonyl (C=O) groups excluding carboxylic acids is 4. The van der Waals surface area contributed by atoms with E-state index in [1.807, 2.05) is 84.9 Å². The van der Waals surface area contributed by atoms with Gasteiger partial charge in [-0.05, 0) is 73.5 Å². The lowest BCUT2D eigenvalue weighted by Gasteiger charge is -2.20. The molecule has 2 unspecified atom stereocenters. The van der Waals surface area contributed by atoms with E-state index in [0.29, 0.717) is 23.0 Å².